The third-order valence-corrected chi connectivity index (χ3v) is 2.81. The fourth-order valence-electron chi connectivity index (χ4n) is 2.00. The Morgan fingerprint density at radius 2 is 1.55 bits per heavy atom. The van der Waals surface area contributed by atoms with E-state index in [0.29, 0.717) is 0 Å². The summed E-state index contributed by atoms with van der Waals surface area (Å²) in [6.45, 7) is 1.55. The minimum atomic E-state index is 0. The maximum absolute atomic E-state index is 12.2. The van der Waals surface area contributed by atoms with E-state index < -0.39 is 0 Å². The van der Waals surface area contributed by atoms with Gasteiger partial charge < -0.3 is 9.80 Å². The molecule has 1 rings (SSSR count). The predicted octanol–water partition coefficient (Wildman–Crippen LogP) is 2.43. The Morgan fingerprint density at radius 3 is 2.00 bits per heavy atom. The Hall–Kier alpha value is -1.16. The van der Waals surface area contributed by atoms with Crippen LogP contribution in [0.3, 0.4) is 0 Å². The second-order valence-electron chi connectivity index (χ2n) is 5.37. The molecule has 0 aliphatic heterocycles. The fourth-order valence-corrected chi connectivity index (χ4v) is 2.00. The summed E-state index contributed by atoms with van der Waals surface area (Å²) in [4.78, 5) is 16.4. The molecule has 0 amide bonds. The molecule has 0 N–H and O–H groups in total. The lowest BCUT2D eigenvalue weighted by Crippen LogP contribution is -2.34. The Labute approximate surface area is 128 Å². The summed E-state index contributed by atoms with van der Waals surface area (Å²) in [5.74, 6) is 0.205. The maximum atomic E-state index is 12.2. The maximum Gasteiger partial charge on any atom is 0.161 e. The van der Waals surface area contributed by atoms with Gasteiger partial charge in [0.05, 0.1) is 0 Å². The number of nitrogens with zero attached hydrogens (tertiary/aromatic N) is 2. The molecular weight excluding hydrogens is 272 g/mol. The number of hydrogen-bond acceptors (Lipinski definition) is 3. The van der Waals surface area contributed by atoms with Crippen LogP contribution in [0.15, 0.2) is 36.4 Å². The van der Waals surface area contributed by atoms with Crippen molar-refractivity contribution >= 4 is 24.3 Å². The normalized spacial score (nSPS) is 11.3. The number of rotatable bonds is 7. The van der Waals surface area contributed by atoms with E-state index in [-0.39, 0.29) is 24.1 Å². The topological polar surface area (TPSA) is 23.6 Å². The summed E-state index contributed by atoms with van der Waals surface area (Å²) in [6, 6.07) is 9.91. The molecular formula is C16H25ClN2O. The number of halogens is 1. The molecule has 1 aromatic carbocycles. The molecule has 0 aliphatic carbocycles. The second kappa shape index (κ2) is 9.70. The molecule has 0 radical (unpaired) electrons. The first-order chi connectivity index (χ1) is 8.99. The number of benzene rings is 1. The smallest absolute Gasteiger partial charge is 0.161 e. The first-order valence-electron chi connectivity index (χ1n) is 6.55. The predicted molar refractivity (Wildman–Crippen MR) is 88.3 cm³/mol. The number of allylic oxidation sites excluding steroid dienone is 1. The van der Waals surface area contributed by atoms with Gasteiger partial charge in [0.15, 0.2) is 5.78 Å². The van der Waals surface area contributed by atoms with Crippen LogP contribution in [-0.4, -0.2) is 56.9 Å². The second-order valence-corrected chi connectivity index (χ2v) is 5.37. The summed E-state index contributed by atoms with van der Waals surface area (Å²) >= 11 is 0. The van der Waals surface area contributed by atoms with Crippen LogP contribution in [0.4, 0.5) is 0 Å². The molecule has 4 heteroatoms. The monoisotopic (exact) mass is 296 g/mol. The third-order valence-electron chi connectivity index (χ3n) is 2.81. The average Bonchev–Trinajstić information content (AvgIpc) is 2.35. The van der Waals surface area contributed by atoms with Crippen molar-refractivity contribution in [3.8, 4) is 0 Å². The van der Waals surface area contributed by atoms with Gasteiger partial charge in [-0.05, 0) is 39.8 Å². The number of carbonyl (C=O) groups excluding carboxylic acids is 1. The summed E-state index contributed by atoms with van der Waals surface area (Å²) in [6.07, 6.45) is 3.59. The Balaban J connectivity index is 0.00000361. The highest BCUT2D eigenvalue weighted by Crippen LogP contribution is 2.07. The standard InChI is InChI=1S/C16H24N2O.ClH/c1-17(2)12-15(13-18(3)4)16(19)11-10-14-8-6-5-7-9-14;/h5-11,15H,12-13H2,1-4H3;1H/b11-10+;. The van der Waals surface area contributed by atoms with Gasteiger partial charge in [-0.1, -0.05) is 36.4 Å². The van der Waals surface area contributed by atoms with E-state index >= 15 is 0 Å². The molecule has 0 bridgehead atoms. The summed E-state index contributed by atoms with van der Waals surface area (Å²) in [7, 11) is 7.99. The molecule has 0 heterocycles. The molecule has 0 aromatic heterocycles. The zero-order chi connectivity index (χ0) is 14.3. The molecule has 3 nitrogen and oxygen atoms in total. The van der Waals surface area contributed by atoms with Crippen LogP contribution in [0.5, 0.6) is 0 Å². The zero-order valence-electron chi connectivity index (χ0n) is 12.7. The quantitative estimate of drug-likeness (QED) is 0.722. The highest BCUT2D eigenvalue weighted by atomic mass is 35.5. The van der Waals surface area contributed by atoms with Gasteiger partial charge >= 0.3 is 0 Å². The molecule has 1 aromatic rings. The van der Waals surface area contributed by atoms with Crippen LogP contribution in [0, 0.1) is 5.92 Å². The van der Waals surface area contributed by atoms with E-state index in [4.69, 9.17) is 0 Å². The summed E-state index contributed by atoms with van der Waals surface area (Å²) in [5.41, 5.74) is 1.06. The minimum absolute atomic E-state index is 0. The highest BCUT2D eigenvalue weighted by molar-refractivity contribution is 5.95. The van der Waals surface area contributed by atoms with Crippen molar-refractivity contribution in [2.45, 2.75) is 0 Å². The van der Waals surface area contributed by atoms with Crippen molar-refractivity contribution in [1.29, 1.82) is 0 Å². The van der Waals surface area contributed by atoms with Crippen LogP contribution >= 0.6 is 12.4 Å². The molecule has 0 saturated heterocycles. The Kier molecular flexibility index (Phi) is 9.14. The lowest BCUT2D eigenvalue weighted by atomic mass is 10.0. The molecule has 112 valence electrons. The fraction of sp³-hybridized carbons (Fsp3) is 0.438. The van der Waals surface area contributed by atoms with Crippen molar-refractivity contribution in [3.63, 3.8) is 0 Å². The van der Waals surface area contributed by atoms with Crippen LogP contribution in [0.1, 0.15) is 5.56 Å². The molecule has 0 fully saturated rings. The Morgan fingerprint density at radius 1 is 1.05 bits per heavy atom. The van der Waals surface area contributed by atoms with Gasteiger partial charge in [-0.3, -0.25) is 4.79 Å². The van der Waals surface area contributed by atoms with Crippen LogP contribution in [0.25, 0.3) is 6.08 Å². The van der Waals surface area contributed by atoms with Gasteiger partial charge in [-0.15, -0.1) is 12.4 Å². The van der Waals surface area contributed by atoms with Gasteiger partial charge in [-0.25, -0.2) is 0 Å². The van der Waals surface area contributed by atoms with Crippen molar-refractivity contribution in [2.24, 2.45) is 5.92 Å². The van der Waals surface area contributed by atoms with E-state index in [0.717, 1.165) is 18.7 Å². The first-order valence-corrected chi connectivity index (χ1v) is 6.55. The lowest BCUT2D eigenvalue weighted by Gasteiger charge is -2.22. The van der Waals surface area contributed by atoms with Crippen LogP contribution in [0.2, 0.25) is 0 Å². The first kappa shape index (κ1) is 18.8. The lowest BCUT2D eigenvalue weighted by molar-refractivity contribution is -0.119. The number of ketones is 1. The van der Waals surface area contributed by atoms with Gasteiger partial charge in [0.2, 0.25) is 0 Å². The van der Waals surface area contributed by atoms with Crippen molar-refractivity contribution < 1.29 is 4.79 Å². The van der Waals surface area contributed by atoms with Crippen LogP contribution < -0.4 is 0 Å². The van der Waals surface area contributed by atoms with E-state index in [9.17, 15) is 4.79 Å². The van der Waals surface area contributed by atoms with E-state index in [1.165, 1.54) is 0 Å². The molecule has 0 saturated carbocycles. The van der Waals surface area contributed by atoms with Gasteiger partial charge in [0.1, 0.15) is 0 Å². The van der Waals surface area contributed by atoms with E-state index in [1.54, 1.807) is 6.08 Å². The van der Waals surface area contributed by atoms with E-state index in [1.807, 2.05) is 64.6 Å². The van der Waals surface area contributed by atoms with Gasteiger partial charge in [0.25, 0.3) is 0 Å². The largest absolute Gasteiger partial charge is 0.309 e. The highest BCUT2D eigenvalue weighted by Gasteiger charge is 2.17. The van der Waals surface area contributed by atoms with Crippen molar-refractivity contribution in [2.75, 3.05) is 41.3 Å². The summed E-state index contributed by atoms with van der Waals surface area (Å²) in [5, 5.41) is 0. The SMILES string of the molecule is CN(C)CC(CN(C)C)C(=O)/C=C/c1ccccc1.Cl. The Bertz CT molecular complexity index is 406. The zero-order valence-corrected chi connectivity index (χ0v) is 13.6. The molecule has 0 unspecified atom stereocenters. The molecule has 0 aliphatic rings. The van der Waals surface area contributed by atoms with Gasteiger partial charge in [0, 0.05) is 19.0 Å². The minimum Gasteiger partial charge on any atom is -0.309 e. The van der Waals surface area contributed by atoms with E-state index in [2.05, 4.69) is 9.80 Å². The molecule has 20 heavy (non-hydrogen) atoms. The average molecular weight is 297 g/mol. The number of carbonyl (C=O) groups is 1. The van der Waals surface area contributed by atoms with Crippen molar-refractivity contribution in [1.82, 2.24) is 9.80 Å². The van der Waals surface area contributed by atoms with Gasteiger partial charge in [-0.2, -0.15) is 0 Å². The summed E-state index contributed by atoms with van der Waals surface area (Å²) < 4.78 is 0. The third kappa shape index (κ3) is 7.43. The number of hydrogen-bond donors (Lipinski definition) is 0. The molecule has 0 atom stereocenters. The molecule has 0 spiro atoms. The van der Waals surface area contributed by atoms with Crippen molar-refractivity contribution in [3.05, 3.63) is 42.0 Å². The van der Waals surface area contributed by atoms with Crippen LogP contribution in [-0.2, 0) is 4.79 Å².